The van der Waals surface area contributed by atoms with E-state index in [1.54, 1.807) is 12.1 Å². The molecule has 2 aromatic carbocycles. The van der Waals surface area contributed by atoms with Crippen LogP contribution < -0.4 is 19.5 Å². The van der Waals surface area contributed by atoms with Crippen LogP contribution in [0.3, 0.4) is 0 Å². The van der Waals surface area contributed by atoms with Gasteiger partial charge in [-0.25, -0.2) is 8.78 Å². The second-order valence-corrected chi connectivity index (χ2v) is 7.67. The Bertz CT molecular complexity index is 1110. The molecule has 1 aliphatic rings. The molecule has 33 heavy (non-hydrogen) atoms. The van der Waals surface area contributed by atoms with Crippen LogP contribution in [-0.2, 0) is 4.79 Å². The molecule has 1 fully saturated rings. The maximum Gasteiger partial charge on any atom is 0.293 e. The fourth-order valence-corrected chi connectivity index (χ4v) is 3.94. The molecule has 0 unspecified atom stereocenters. The molecular weight excluding hydrogens is 458 g/mol. The van der Waals surface area contributed by atoms with Gasteiger partial charge in [0.1, 0.15) is 11.6 Å². The summed E-state index contributed by atoms with van der Waals surface area (Å²) in [6.45, 7) is -0.225. The molecule has 174 valence electrons. The number of carbonyl (C=O) groups excluding carboxylic acids is 3. The number of ether oxygens (including phenoxy) is 3. The summed E-state index contributed by atoms with van der Waals surface area (Å²) in [7, 11) is 4.39. The Morgan fingerprint density at radius 3 is 2.30 bits per heavy atom. The minimum Gasteiger partial charge on any atom is -0.493 e. The summed E-state index contributed by atoms with van der Waals surface area (Å²) in [4.78, 5) is 38.2. The number of halogens is 2. The van der Waals surface area contributed by atoms with Crippen molar-refractivity contribution in [1.29, 1.82) is 0 Å². The Kier molecular flexibility index (Phi) is 7.54. The topological polar surface area (TPSA) is 94.2 Å². The van der Waals surface area contributed by atoms with E-state index in [1.807, 2.05) is 0 Å². The van der Waals surface area contributed by atoms with Crippen LogP contribution in [0.2, 0.25) is 0 Å². The maximum atomic E-state index is 13.7. The van der Waals surface area contributed by atoms with Gasteiger partial charge in [-0.15, -0.1) is 0 Å². The van der Waals surface area contributed by atoms with Crippen molar-refractivity contribution in [3.63, 3.8) is 0 Å². The Labute approximate surface area is 192 Å². The van der Waals surface area contributed by atoms with E-state index in [2.05, 4.69) is 5.32 Å². The van der Waals surface area contributed by atoms with Crippen molar-refractivity contribution < 1.29 is 37.4 Å². The second-order valence-electron chi connectivity index (χ2n) is 6.67. The number of benzene rings is 2. The van der Waals surface area contributed by atoms with E-state index in [0.717, 1.165) is 28.8 Å². The average Bonchev–Trinajstić information content (AvgIpc) is 3.05. The van der Waals surface area contributed by atoms with Crippen molar-refractivity contribution in [2.45, 2.75) is 0 Å². The predicted molar refractivity (Wildman–Crippen MR) is 117 cm³/mol. The van der Waals surface area contributed by atoms with Gasteiger partial charge in [0.15, 0.2) is 11.5 Å². The molecule has 1 N–H and O–H groups in total. The summed E-state index contributed by atoms with van der Waals surface area (Å²) in [5, 5.41) is 1.90. The highest BCUT2D eigenvalue weighted by Gasteiger charge is 2.35. The van der Waals surface area contributed by atoms with Crippen molar-refractivity contribution in [2.75, 3.05) is 34.4 Å². The Morgan fingerprint density at radius 1 is 1.06 bits per heavy atom. The number of imide groups is 1. The Balaban J connectivity index is 1.69. The number of amides is 3. The predicted octanol–water partition coefficient (Wildman–Crippen LogP) is 3.46. The lowest BCUT2D eigenvalue weighted by atomic mass is 10.1. The number of hydrogen-bond acceptors (Lipinski definition) is 7. The Morgan fingerprint density at radius 2 is 1.73 bits per heavy atom. The summed E-state index contributed by atoms with van der Waals surface area (Å²) >= 11 is 0.744. The summed E-state index contributed by atoms with van der Waals surface area (Å²) < 4.78 is 42.5. The smallest absolute Gasteiger partial charge is 0.293 e. The van der Waals surface area contributed by atoms with E-state index in [-0.39, 0.29) is 23.6 Å². The van der Waals surface area contributed by atoms with Crippen molar-refractivity contribution in [3.05, 3.63) is 58.0 Å². The minimum atomic E-state index is -1.01. The van der Waals surface area contributed by atoms with Gasteiger partial charge in [0, 0.05) is 19.2 Å². The third kappa shape index (κ3) is 5.25. The van der Waals surface area contributed by atoms with Crippen molar-refractivity contribution in [1.82, 2.24) is 10.2 Å². The first-order valence-corrected chi connectivity index (χ1v) is 10.4. The molecule has 0 bridgehead atoms. The van der Waals surface area contributed by atoms with Gasteiger partial charge in [0.25, 0.3) is 17.1 Å². The molecule has 0 spiro atoms. The lowest BCUT2D eigenvalue weighted by Gasteiger charge is -2.14. The normalized spacial score (nSPS) is 14.6. The number of methoxy groups -OCH3 is 3. The summed E-state index contributed by atoms with van der Waals surface area (Å²) in [5.41, 5.74) is 0.211. The van der Waals surface area contributed by atoms with Gasteiger partial charge in [-0.2, -0.15) is 0 Å². The van der Waals surface area contributed by atoms with Gasteiger partial charge < -0.3 is 19.5 Å². The van der Waals surface area contributed by atoms with Crippen LogP contribution in [0.1, 0.15) is 15.9 Å². The second kappa shape index (κ2) is 10.3. The molecule has 0 atom stereocenters. The molecule has 0 aliphatic carbocycles. The van der Waals surface area contributed by atoms with Crippen LogP contribution in [0.15, 0.2) is 35.2 Å². The van der Waals surface area contributed by atoms with Gasteiger partial charge in [-0.3, -0.25) is 19.3 Å². The first-order valence-electron chi connectivity index (χ1n) is 9.57. The molecule has 0 radical (unpaired) electrons. The van der Waals surface area contributed by atoms with E-state index in [1.165, 1.54) is 27.4 Å². The van der Waals surface area contributed by atoms with Crippen molar-refractivity contribution in [2.24, 2.45) is 0 Å². The minimum absolute atomic E-state index is 0.106. The number of carbonyl (C=O) groups is 3. The van der Waals surface area contributed by atoms with Crippen molar-refractivity contribution >= 4 is 34.9 Å². The number of thioether (sulfide) groups is 1. The summed E-state index contributed by atoms with van der Waals surface area (Å²) in [6.07, 6.45) is 1.52. The van der Waals surface area contributed by atoms with Gasteiger partial charge in [-0.05, 0) is 47.7 Å². The number of nitrogens with zero attached hydrogens (tertiary/aromatic N) is 1. The number of nitrogens with one attached hydrogen (secondary N) is 1. The van der Waals surface area contributed by atoms with Gasteiger partial charge >= 0.3 is 0 Å². The molecular formula is C22H20F2N2O6S. The van der Waals surface area contributed by atoms with Crippen LogP contribution >= 0.6 is 11.8 Å². The van der Waals surface area contributed by atoms with Gasteiger partial charge in [0.05, 0.1) is 31.8 Å². The lowest BCUT2D eigenvalue weighted by Crippen LogP contribution is -2.37. The van der Waals surface area contributed by atoms with Crippen LogP contribution in [0, 0.1) is 11.6 Å². The number of hydrogen-bond donors (Lipinski definition) is 1. The van der Waals surface area contributed by atoms with Crippen LogP contribution in [0.4, 0.5) is 13.6 Å². The molecule has 3 rings (SSSR count). The molecule has 1 heterocycles. The average molecular weight is 478 g/mol. The standard InChI is InChI=1S/C22H20F2N2O6S/c1-30-16-8-12(9-17(31-2)19(16)32-3)10-18-21(28)26(22(29)33-18)7-6-25-20(27)14-5-4-13(23)11-15(14)24/h4-5,8-11H,6-7H2,1-3H3,(H,25,27). The SMILES string of the molecule is COc1cc(C=C2SC(=O)N(CCNC(=O)c3ccc(F)cc3F)C2=O)cc(OC)c1OC. The van der Waals surface area contributed by atoms with E-state index in [4.69, 9.17) is 14.2 Å². The zero-order chi connectivity index (χ0) is 24.1. The fourth-order valence-electron chi connectivity index (χ4n) is 3.08. The molecule has 0 aromatic heterocycles. The van der Waals surface area contributed by atoms with Crippen LogP contribution in [0.5, 0.6) is 17.2 Å². The summed E-state index contributed by atoms with van der Waals surface area (Å²) in [6, 6.07) is 5.83. The maximum absolute atomic E-state index is 13.7. The number of rotatable bonds is 8. The third-order valence-electron chi connectivity index (χ3n) is 4.66. The molecule has 8 nitrogen and oxygen atoms in total. The van der Waals surface area contributed by atoms with Crippen LogP contribution in [0.25, 0.3) is 6.08 Å². The van der Waals surface area contributed by atoms with Gasteiger partial charge in [0.2, 0.25) is 5.75 Å². The first kappa shape index (κ1) is 24.1. The molecule has 0 saturated carbocycles. The van der Waals surface area contributed by atoms with E-state index < -0.39 is 28.7 Å². The van der Waals surface area contributed by atoms with E-state index in [9.17, 15) is 23.2 Å². The molecule has 11 heteroatoms. The fraction of sp³-hybridized carbons (Fsp3) is 0.227. The zero-order valence-corrected chi connectivity index (χ0v) is 18.8. The highest BCUT2D eigenvalue weighted by molar-refractivity contribution is 8.18. The largest absolute Gasteiger partial charge is 0.493 e. The van der Waals surface area contributed by atoms with Crippen molar-refractivity contribution in [3.8, 4) is 17.2 Å². The quantitative estimate of drug-likeness (QED) is 0.581. The lowest BCUT2D eigenvalue weighted by molar-refractivity contribution is -0.122. The van der Waals surface area contributed by atoms with Crippen LogP contribution in [-0.4, -0.2) is 56.4 Å². The van der Waals surface area contributed by atoms with E-state index >= 15 is 0 Å². The molecule has 1 saturated heterocycles. The highest BCUT2D eigenvalue weighted by atomic mass is 32.2. The van der Waals surface area contributed by atoms with E-state index in [0.29, 0.717) is 28.9 Å². The zero-order valence-electron chi connectivity index (χ0n) is 17.9. The highest BCUT2D eigenvalue weighted by Crippen LogP contribution is 2.40. The molecule has 1 aliphatic heterocycles. The molecule has 2 aromatic rings. The first-order chi connectivity index (χ1) is 15.8. The third-order valence-corrected chi connectivity index (χ3v) is 5.56. The molecule has 3 amide bonds. The Hall–Kier alpha value is -3.60. The summed E-state index contributed by atoms with van der Waals surface area (Å²) in [5.74, 6) is -1.98. The monoisotopic (exact) mass is 478 g/mol. The van der Waals surface area contributed by atoms with Gasteiger partial charge in [-0.1, -0.05) is 0 Å².